The lowest BCUT2D eigenvalue weighted by Gasteiger charge is -2.08. The van der Waals surface area contributed by atoms with Crippen LogP contribution in [0.3, 0.4) is 0 Å². The Morgan fingerprint density at radius 1 is 1.22 bits per heavy atom. The van der Waals surface area contributed by atoms with Crippen LogP contribution < -0.4 is 10.5 Å². The molecular weight excluding hydrogens is 230 g/mol. The second kappa shape index (κ2) is 5.64. The van der Waals surface area contributed by atoms with Crippen molar-refractivity contribution in [1.82, 2.24) is 10.2 Å². The molecule has 0 aliphatic heterocycles. The van der Waals surface area contributed by atoms with E-state index in [2.05, 4.69) is 24.0 Å². The maximum atomic E-state index is 5.60. The van der Waals surface area contributed by atoms with Crippen molar-refractivity contribution < 1.29 is 9.15 Å². The number of nitrogens with zero attached hydrogens (tertiary/aromatic N) is 2. The van der Waals surface area contributed by atoms with Crippen molar-refractivity contribution in [3.8, 4) is 17.2 Å². The Labute approximate surface area is 106 Å². The van der Waals surface area contributed by atoms with Crippen LogP contribution in [0.15, 0.2) is 28.7 Å². The van der Waals surface area contributed by atoms with Gasteiger partial charge < -0.3 is 14.9 Å². The molecule has 2 aromatic rings. The molecule has 2 rings (SSSR count). The van der Waals surface area contributed by atoms with Crippen LogP contribution in [0.2, 0.25) is 0 Å². The van der Waals surface area contributed by atoms with Gasteiger partial charge in [-0.1, -0.05) is 13.8 Å². The zero-order valence-corrected chi connectivity index (χ0v) is 10.6. The van der Waals surface area contributed by atoms with Gasteiger partial charge in [0.25, 0.3) is 0 Å². The summed E-state index contributed by atoms with van der Waals surface area (Å²) in [5.41, 5.74) is 6.28. The van der Waals surface area contributed by atoms with Crippen LogP contribution in [0.1, 0.15) is 19.7 Å². The first kappa shape index (κ1) is 12.6. The van der Waals surface area contributed by atoms with Crippen LogP contribution in [-0.2, 0) is 6.54 Å². The molecule has 0 amide bonds. The van der Waals surface area contributed by atoms with Crippen molar-refractivity contribution in [2.45, 2.75) is 20.4 Å². The fourth-order valence-electron chi connectivity index (χ4n) is 1.41. The predicted octanol–water partition coefficient (Wildman–Crippen LogP) is 2.23. The number of benzene rings is 1. The third-order valence-electron chi connectivity index (χ3n) is 2.33. The average Bonchev–Trinajstić information content (AvgIpc) is 2.85. The van der Waals surface area contributed by atoms with E-state index in [-0.39, 0.29) is 6.54 Å². The lowest BCUT2D eigenvalue weighted by Crippen LogP contribution is -2.04. The maximum absolute atomic E-state index is 5.60. The highest BCUT2D eigenvalue weighted by molar-refractivity contribution is 5.53. The van der Waals surface area contributed by atoms with Gasteiger partial charge in [0.15, 0.2) is 0 Å². The summed E-state index contributed by atoms with van der Waals surface area (Å²) >= 11 is 0. The van der Waals surface area contributed by atoms with Crippen LogP contribution in [0.5, 0.6) is 5.75 Å². The second-order valence-electron chi connectivity index (χ2n) is 4.43. The van der Waals surface area contributed by atoms with Crippen molar-refractivity contribution >= 4 is 0 Å². The molecule has 96 valence electrons. The van der Waals surface area contributed by atoms with E-state index in [1.165, 1.54) is 0 Å². The van der Waals surface area contributed by atoms with Gasteiger partial charge >= 0.3 is 0 Å². The van der Waals surface area contributed by atoms with E-state index >= 15 is 0 Å². The highest BCUT2D eigenvalue weighted by Crippen LogP contribution is 2.21. The first-order valence-electron chi connectivity index (χ1n) is 5.94. The normalized spacial score (nSPS) is 10.9. The summed E-state index contributed by atoms with van der Waals surface area (Å²) in [4.78, 5) is 0. The van der Waals surface area contributed by atoms with Gasteiger partial charge in [0.2, 0.25) is 11.8 Å². The molecule has 2 N–H and O–H groups in total. The summed E-state index contributed by atoms with van der Waals surface area (Å²) in [6.07, 6.45) is 0. The molecule has 5 nitrogen and oxygen atoms in total. The monoisotopic (exact) mass is 247 g/mol. The minimum Gasteiger partial charge on any atom is -0.493 e. The van der Waals surface area contributed by atoms with E-state index in [0.29, 0.717) is 24.3 Å². The molecule has 0 unspecified atom stereocenters. The van der Waals surface area contributed by atoms with Crippen molar-refractivity contribution in [3.63, 3.8) is 0 Å². The van der Waals surface area contributed by atoms with E-state index in [1.807, 2.05) is 24.3 Å². The highest BCUT2D eigenvalue weighted by atomic mass is 16.5. The maximum Gasteiger partial charge on any atom is 0.247 e. The average molecular weight is 247 g/mol. The zero-order chi connectivity index (χ0) is 13.0. The molecule has 18 heavy (non-hydrogen) atoms. The summed E-state index contributed by atoms with van der Waals surface area (Å²) in [6.45, 7) is 5.18. The van der Waals surface area contributed by atoms with E-state index in [9.17, 15) is 0 Å². The van der Waals surface area contributed by atoms with Crippen molar-refractivity contribution in [1.29, 1.82) is 0 Å². The number of hydrogen-bond acceptors (Lipinski definition) is 5. The molecule has 0 fully saturated rings. The Morgan fingerprint density at radius 2 is 1.94 bits per heavy atom. The van der Waals surface area contributed by atoms with Gasteiger partial charge in [-0.25, -0.2) is 0 Å². The Balaban J connectivity index is 2.07. The summed E-state index contributed by atoms with van der Waals surface area (Å²) in [5.74, 6) is 2.26. The standard InChI is InChI=1S/C13H17N3O2/c1-9(2)8-17-11-5-3-10(4-6-11)13-16-15-12(7-14)18-13/h3-6,9H,7-8,14H2,1-2H3. The predicted molar refractivity (Wildman–Crippen MR) is 68.0 cm³/mol. The van der Waals surface area contributed by atoms with Crippen LogP contribution in [0.25, 0.3) is 11.5 Å². The molecule has 0 aliphatic rings. The lowest BCUT2D eigenvalue weighted by atomic mass is 10.2. The summed E-state index contributed by atoms with van der Waals surface area (Å²) in [5, 5.41) is 7.74. The first-order valence-corrected chi connectivity index (χ1v) is 5.94. The fourth-order valence-corrected chi connectivity index (χ4v) is 1.41. The number of aromatic nitrogens is 2. The van der Waals surface area contributed by atoms with E-state index in [4.69, 9.17) is 14.9 Å². The molecule has 5 heteroatoms. The molecule has 1 heterocycles. The van der Waals surface area contributed by atoms with Crippen LogP contribution in [0, 0.1) is 5.92 Å². The Hall–Kier alpha value is -1.88. The second-order valence-corrected chi connectivity index (χ2v) is 4.43. The van der Waals surface area contributed by atoms with Crippen molar-refractivity contribution in [2.75, 3.05) is 6.61 Å². The van der Waals surface area contributed by atoms with Gasteiger partial charge in [0.05, 0.1) is 13.2 Å². The van der Waals surface area contributed by atoms with Crippen LogP contribution in [0.4, 0.5) is 0 Å². The molecule has 0 saturated heterocycles. The molecule has 1 aromatic carbocycles. The van der Waals surface area contributed by atoms with Crippen LogP contribution in [-0.4, -0.2) is 16.8 Å². The number of ether oxygens (including phenoxy) is 1. The molecule has 1 aromatic heterocycles. The van der Waals surface area contributed by atoms with Crippen molar-refractivity contribution in [3.05, 3.63) is 30.2 Å². The third kappa shape index (κ3) is 3.07. The largest absolute Gasteiger partial charge is 0.493 e. The summed E-state index contributed by atoms with van der Waals surface area (Å²) < 4.78 is 11.0. The first-order chi connectivity index (χ1) is 8.69. The van der Waals surface area contributed by atoms with Gasteiger partial charge in [-0.05, 0) is 30.2 Å². The quantitative estimate of drug-likeness (QED) is 0.877. The van der Waals surface area contributed by atoms with Gasteiger partial charge in [-0.2, -0.15) is 0 Å². The lowest BCUT2D eigenvalue weighted by molar-refractivity contribution is 0.271. The Morgan fingerprint density at radius 3 is 2.50 bits per heavy atom. The van der Waals surface area contributed by atoms with Crippen LogP contribution >= 0.6 is 0 Å². The number of rotatable bonds is 5. The zero-order valence-electron chi connectivity index (χ0n) is 10.6. The number of nitrogens with two attached hydrogens (primary N) is 1. The fraction of sp³-hybridized carbons (Fsp3) is 0.385. The molecule has 0 bridgehead atoms. The topological polar surface area (TPSA) is 74.2 Å². The third-order valence-corrected chi connectivity index (χ3v) is 2.33. The highest BCUT2D eigenvalue weighted by Gasteiger charge is 2.07. The molecule has 0 saturated carbocycles. The summed E-state index contributed by atoms with van der Waals surface area (Å²) in [6, 6.07) is 7.57. The van der Waals surface area contributed by atoms with Gasteiger partial charge in [-0.3, -0.25) is 0 Å². The Kier molecular flexibility index (Phi) is 3.94. The molecule has 0 spiro atoms. The minimum absolute atomic E-state index is 0.253. The smallest absolute Gasteiger partial charge is 0.247 e. The molecule has 0 atom stereocenters. The van der Waals surface area contributed by atoms with Gasteiger partial charge in [-0.15, -0.1) is 10.2 Å². The van der Waals surface area contributed by atoms with Gasteiger partial charge in [0.1, 0.15) is 5.75 Å². The molecule has 0 radical (unpaired) electrons. The molecular formula is C13H17N3O2. The summed E-state index contributed by atoms with van der Waals surface area (Å²) in [7, 11) is 0. The molecule has 0 aliphatic carbocycles. The Bertz CT molecular complexity index is 491. The van der Waals surface area contributed by atoms with Gasteiger partial charge in [0, 0.05) is 5.56 Å². The van der Waals surface area contributed by atoms with E-state index < -0.39 is 0 Å². The SMILES string of the molecule is CC(C)COc1ccc(-c2nnc(CN)o2)cc1. The van der Waals surface area contributed by atoms with E-state index in [1.54, 1.807) is 0 Å². The van der Waals surface area contributed by atoms with Crippen molar-refractivity contribution in [2.24, 2.45) is 11.7 Å². The minimum atomic E-state index is 0.253. The van der Waals surface area contributed by atoms with E-state index in [0.717, 1.165) is 11.3 Å². The number of hydrogen-bond donors (Lipinski definition) is 1.